The van der Waals surface area contributed by atoms with E-state index in [0.29, 0.717) is 0 Å². The van der Waals surface area contributed by atoms with Crippen LogP contribution in [-0.4, -0.2) is 179 Å². The molecule has 12 nitrogen and oxygen atoms in total. The second kappa shape index (κ2) is 36.4. The van der Waals surface area contributed by atoms with E-state index >= 15 is 0 Å². The third-order valence-electron chi connectivity index (χ3n) is 0. The molecular formula is C4H14Ca3O12. The van der Waals surface area contributed by atoms with Gasteiger partial charge in [-0.25, -0.2) is 19.2 Å². The van der Waals surface area contributed by atoms with Crippen molar-refractivity contribution in [2.24, 2.45) is 0 Å². The summed E-state index contributed by atoms with van der Waals surface area (Å²) < 4.78 is 0. The van der Waals surface area contributed by atoms with Crippen LogP contribution in [0.4, 0.5) is 19.2 Å². The number of carbonyl (C=O) groups is 4. The first-order chi connectivity index (χ1) is 6.93. The van der Waals surface area contributed by atoms with Crippen LogP contribution < -0.4 is 0 Å². The Morgan fingerprint density at radius 3 is 0.421 bits per heavy atom. The molecule has 0 aromatic rings. The molecule has 0 spiro atoms. The van der Waals surface area contributed by atoms with Gasteiger partial charge in [-0.1, -0.05) is 0 Å². The fourth-order valence-electron chi connectivity index (χ4n) is 0. The van der Waals surface area contributed by atoms with Gasteiger partial charge in [0.05, 0.1) is 0 Å². The van der Waals surface area contributed by atoms with Crippen molar-refractivity contribution in [1.29, 1.82) is 0 Å². The molecule has 0 heterocycles. The Balaban J connectivity index is -0.00000000623. The maximum Gasteiger partial charge on any atom is 2.00 e. The van der Waals surface area contributed by atoms with Gasteiger partial charge in [0, 0.05) is 0 Å². The first kappa shape index (κ1) is 42.7. The molecule has 0 fully saturated rings. The third-order valence-corrected chi connectivity index (χ3v) is 0. The predicted octanol–water partition coefficient (Wildman–Crippen LogP) is 0.422. The van der Waals surface area contributed by atoms with Crippen LogP contribution in [-0.2, 0) is 0 Å². The molecule has 0 aromatic carbocycles. The third kappa shape index (κ3) is 7260. The molecule has 108 valence electrons. The molecular weight excluding hydrogens is 360 g/mol. The minimum atomic E-state index is -1.83. The average molecular weight is 374 g/mol. The number of rotatable bonds is 0. The second-order valence-electron chi connectivity index (χ2n) is 1.13. The molecule has 0 rings (SSSR count). The van der Waals surface area contributed by atoms with Gasteiger partial charge in [-0.2, -0.15) is 0 Å². The fourth-order valence-corrected chi connectivity index (χ4v) is 0. The van der Waals surface area contributed by atoms with Crippen LogP contribution >= 0.6 is 0 Å². The molecule has 0 radical (unpaired) electrons. The van der Waals surface area contributed by atoms with Gasteiger partial charge in [-0.05, 0) is 0 Å². The van der Waals surface area contributed by atoms with Crippen molar-refractivity contribution in [2.75, 3.05) is 0 Å². The van der Waals surface area contributed by atoms with Crippen molar-refractivity contribution < 1.29 is 68.6 Å². The molecule has 0 aliphatic carbocycles. The topological polar surface area (TPSA) is 230 Å². The number of hydrogen-bond acceptors (Lipinski definition) is 4. The van der Waals surface area contributed by atoms with Gasteiger partial charge in [0.1, 0.15) is 0 Å². The molecule has 8 N–H and O–H groups in total. The zero-order valence-corrected chi connectivity index (χ0v) is 16.0. The Kier molecular flexibility index (Phi) is 81.8. The van der Waals surface area contributed by atoms with E-state index in [0.717, 1.165) is 0 Å². The minimum absolute atomic E-state index is 0. The zero-order chi connectivity index (χ0) is 14.3. The van der Waals surface area contributed by atoms with Crippen LogP contribution in [0.1, 0.15) is 8.56 Å². The van der Waals surface area contributed by atoms with Crippen molar-refractivity contribution in [3.05, 3.63) is 0 Å². The molecule has 0 unspecified atom stereocenters. The summed E-state index contributed by atoms with van der Waals surface area (Å²) in [7, 11) is 0. The smallest absolute Gasteiger partial charge is 1.00 e. The fraction of sp³-hybridized carbons (Fsp3) is 0. The molecule has 19 heavy (non-hydrogen) atoms. The maximum atomic E-state index is 8.56. The molecule has 0 atom stereocenters. The summed E-state index contributed by atoms with van der Waals surface area (Å²) >= 11 is 0. The van der Waals surface area contributed by atoms with E-state index in [-0.39, 0.29) is 122 Å². The maximum absolute atomic E-state index is 8.56. The van der Waals surface area contributed by atoms with Crippen LogP contribution in [0.3, 0.4) is 0 Å². The van der Waals surface area contributed by atoms with Crippen LogP contribution in [0.5, 0.6) is 0 Å². The molecule has 0 bridgehead atoms. The van der Waals surface area contributed by atoms with Gasteiger partial charge in [0.15, 0.2) is 0 Å². The Morgan fingerprint density at radius 1 is 0.421 bits per heavy atom. The van der Waals surface area contributed by atoms with E-state index in [4.69, 9.17) is 60.0 Å². The van der Waals surface area contributed by atoms with Gasteiger partial charge >= 0.3 is 138 Å². The van der Waals surface area contributed by atoms with Crippen molar-refractivity contribution >= 4 is 138 Å². The van der Waals surface area contributed by atoms with Gasteiger partial charge in [0.25, 0.3) is 0 Å². The standard InChI is InChI=1S/4CH2O3.3Ca.6H/c4*2-1(3)4;;;;;;;;;/h4*(H2,2,3,4);;;;;;;;;/q;;;;3*+2;6*-1. The average Bonchev–Trinajstić information content (AvgIpc) is 1.76. The van der Waals surface area contributed by atoms with Crippen LogP contribution in [0.2, 0.25) is 0 Å². The van der Waals surface area contributed by atoms with Gasteiger partial charge in [-0.15, -0.1) is 0 Å². The quantitative estimate of drug-likeness (QED) is 0.270. The van der Waals surface area contributed by atoms with Crippen LogP contribution in [0.25, 0.3) is 0 Å². The number of hydrogen-bond donors (Lipinski definition) is 8. The molecule has 0 aliphatic rings. The second-order valence-corrected chi connectivity index (χ2v) is 1.13. The van der Waals surface area contributed by atoms with Gasteiger partial charge < -0.3 is 49.4 Å². The monoisotopic (exact) mass is 374 g/mol. The summed E-state index contributed by atoms with van der Waals surface area (Å²) in [5.41, 5.74) is 0. The Bertz CT molecular complexity index is 185. The van der Waals surface area contributed by atoms with Crippen LogP contribution in [0.15, 0.2) is 0 Å². The van der Waals surface area contributed by atoms with E-state index in [2.05, 4.69) is 0 Å². The molecule has 15 heteroatoms. The van der Waals surface area contributed by atoms with E-state index < -0.39 is 24.6 Å². The number of carboxylic acid groups (broad SMARTS) is 8. The largest absolute Gasteiger partial charge is 2.00 e. The van der Waals surface area contributed by atoms with E-state index in [1.54, 1.807) is 0 Å². The van der Waals surface area contributed by atoms with E-state index in [9.17, 15) is 0 Å². The molecule has 0 saturated carbocycles. The summed E-state index contributed by atoms with van der Waals surface area (Å²) in [5.74, 6) is 0. The van der Waals surface area contributed by atoms with E-state index in [1.807, 2.05) is 0 Å². The minimum Gasteiger partial charge on any atom is -1.00 e. The summed E-state index contributed by atoms with van der Waals surface area (Å²) in [6.07, 6.45) is -7.33. The summed E-state index contributed by atoms with van der Waals surface area (Å²) in [4.78, 5) is 34.2. The van der Waals surface area contributed by atoms with Crippen LogP contribution in [0, 0.1) is 0 Å². The Labute approximate surface area is 203 Å². The first-order valence-electron chi connectivity index (χ1n) is 2.61. The van der Waals surface area contributed by atoms with Gasteiger partial charge in [0.2, 0.25) is 0 Å². The molecule has 0 amide bonds. The Morgan fingerprint density at radius 2 is 0.421 bits per heavy atom. The van der Waals surface area contributed by atoms with Crippen molar-refractivity contribution in [1.82, 2.24) is 0 Å². The van der Waals surface area contributed by atoms with Gasteiger partial charge in [-0.3, -0.25) is 0 Å². The van der Waals surface area contributed by atoms with Crippen molar-refractivity contribution in [3.8, 4) is 0 Å². The molecule has 0 aromatic heterocycles. The zero-order valence-electron chi connectivity index (χ0n) is 15.3. The van der Waals surface area contributed by atoms with Crippen molar-refractivity contribution in [3.63, 3.8) is 0 Å². The first-order valence-corrected chi connectivity index (χ1v) is 2.61. The SMILES string of the molecule is O=C(O)O.O=C(O)O.O=C(O)O.O=C(O)O.[Ca+2].[Ca+2].[Ca+2].[H-].[H-].[H-].[H-].[H-].[H-]. The molecule has 0 saturated heterocycles. The summed E-state index contributed by atoms with van der Waals surface area (Å²) in [6.45, 7) is 0. The molecule has 0 aliphatic heterocycles. The van der Waals surface area contributed by atoms with E-state index in [1.165, 1.54) is 0 Å². The normalized spacial score (nSPS) is 5.05. The Hall–Kier alpha value is 0.859. The predicted molar refractivity (Wildman–Crippen MR) is 66.5 cm³/mol. The summed E-state index contributed by atoms with van der Waals surface area (Å²) in [6, 6.07) is 0. The van der Waals surface area contributed by atoms with Crippen molar-refractivity contribution in [2.45, 2.75) is 0 Å². The summed E-state index contributed by atoms with van der Waals surface area (Å²) in [5, 5.41) is 55.8.